The Balaban J connectivity index is 3.08. The third-order valence-corrected chi connectivity index (χ3v) is 2.29. The summed E-state index contributed by atoms with van der Waals surface area (Å²) in [5.74, 6) is -0.219. The molecule has 15 heavy (non-hydrogen) atoms. The van der Waals surface area contributed by atoms with Gasteiger partial charge < -0.3 is 4.74 Å². The fourth-order valence-corrected chi connectivity index (χ4v) is 1.42. The highest BCUT2D eigenvalue weighted by molar-refractivity contribution is 5.81. The third-order valence-electron chi connectivity index (χ3n) is 2.29. The first-order valence-electron chi connectivity index (χ1n) is 6.10. The van der Waals surface area contributed by atoms with Crippen molar-refractivity contribution in [3.8, 4) is 0 Å². The maximum absolute atomic E-state index is 10.9. The van der Waals surface area contributed by atoms with Crippen LogP contribution in [0.3, 0.4) is 0 Å². The molecule has 0 spiro atoms. The van der Waals surface area contributed by atoms with E-state index < -0.39 is 0 Å². The number of allylic oxidation sites excluding steroid dienone is 1. The van der Waals surface area contributed by atoms with Gasteiger partial charge in [0, 0.05) is 6.08 Å². The van der Waals surface area contributed by atoms with Crippen LogP contribution < -0.4 is 0 Å². The molecule has 88 valence electrons. The Labute approximate surface area is 93.7 Å². The average Bonchev–Trinajstić information content (AvgIpc) is 2.22. The van der Waals surface area contributed by atoms with Gasteiger partial charge in [-0.15, -0.1) is 0 Å². The molecule has 0 aliphatic carbocycles. The summed E-state index contributed by atoms with van der Waals surface area (Å²) in [5.41, 5.74) is 0. The second kappa shape index (κ2) is 11.3. The normalized spacial score (nSPS) is 10.8. The molecule has 0 aromatic carbocycles. The summed E-state index contributed by atoms with van der Waals surface area (Å²) in [5, 5.41) is 0. The molecule has 0 aromatic heterocycles. The second-order valence-corrected chi connectivity index (χ2v) is 3.79. The Morgan fingerprint density at radius 1 is 1.07 bits per heavy atom. The maximum atomic E-state index is 10.9. The maximum Gasteiger partial charge on any atom is 0.330 e. The van der Waals surface area contributed by atoms with E-state index in [1.165, 1.54) is 44.6 Å². The second-order valence-electron chi connectivity index (χ2n) is 3.79. The first-order valence-corrected chi connectivity index (χ1v) is 6.10. The zero-order valence-corrected chi connectivity index (χ0v) is 10.1. The summed E-state index contributed by atoms with van der Waals surface area (Å²) < 4.78 is 4.98. The molecule has 0 N–H and O–H groups in total. The first kappa shape index (κ1) is 14.2. The number of unbranched alkanes of at least 4 members (excludes halogenated alkanes) is 6. The van der Waals surface area contributed by atoms with Crippen LogP contribution in [0.1, 0.15) is 58.8 Å². The quantitative estimate of drug-likeness (QED) is 0.329. The Morgan fingerprint density at radius 2 is 1.67 bits per heavy atom. The van der Waals surface area contributed by atoms with Gasteiger partial charge in [-0.2, -0.15) is 0 Å². The summed E-state index contributed by atoms with van der Waals surface area (Å²) in [6, 6.07) is 0. The number of ether oxygens (including phenoxy) is 1. The predicted molar refractivity (Wildman–Crippen MR) is 63.8 cm³/mol. The van der Waals surface area contributed by atoms with Crippen molar-refractivity contribution in [3.63, 3.8) is 0 Å². The van der Waals surface area contributed by atoms with Crippen LogP contribution in [0.4, 0.5) is 0 Å². The van der Waals surface area contributed by atoms with E-state index in [1.54, 1.807) is 6.08 Å². The van der Waals surface area contributed by atoms with E-state index in [-0.39, 0.29) is 5.97 Å². The van der Waals surface area contributed by atoms with Crippen LogP contribution in [0.5, 0.6) is 0 Å². The molecule has 0 amide bonds. The van der Waals surface area contributed by atoms with Crippen molar-refractivity contribution in [1.82, 2.24) is 0 Å². The van der Waals surface area contributed by atoms with Crippen LogP contribution >= 0.6 is 0 Å². The molecular weight excluding hydrogens is 188 g/mol. The lowest BCUT2D eigenvalue weighted by molar-refractivity contribution is -0.137. The van der Waals surface area contributed by atoms with Crippen LogP contribution in [0.25, 0.3) is 0 Å². The van der Waals surface area contributed by atoms with E-state index in [9.17, 15) is 4.79 Å². The minimum atomic E-state index is -0.219. The van der Waals surface area contributed by atoms with Crippen molar-refractivity contribution in [1.29, 1.82) is 0 Å². The van der Waals surface area contributed by atoms with Gasteiger partial charge in [0.15, 0.2) is 0 Å². The Hall–Kier alpha value is -0.790. The highest BCUT2D eigenvalue weighted by atomic mass is 16.5. The van der Waals surface area contributed by atoms with Gasteiger partial charge in [0.1, 0.15) is 0 Å². The number of hydrogen-bond donors (Lipinski definition) is 0. The SMILES string of the molecule is C/C=C/C(=O)OCCCCCCCCC. The standard InChI is InChI=1S/C13H24O2/c1-3-5-6-7-8-9-10-12-15-13(14)11-4-2/h4,11H,3,5-10,12H2,1-2H3/b11-4+. The Kier molecular flexibility index (Phi) is 10.7. The zero-order chi connectivity index (χ0) is 11.4. The van der Waals surface area contributed by atoms with Gasteiger partial charge in [-0.05, 0) is 13.3 Å². The Morgan fingerprint density at radius 3 is 2.27 bits per heavy atom. The smallest absolute Gasteiger partial charge is 0.330 e. The minimum absolute atomic E-state index is 0.219. The van der Waals surface area contributed by atoms with Crippen molar-refractivity contribution < 1.29 is 9.53 Å². The number of esters is 1. The van der Waals surface area contributed by atoms with Crippen LogP contribution in [-0.4, -0.2) is 12.6 Å². The van der Waals surface area contributed by atoms with E-state index in [0.717, 1.165) is 6.42 Å². The molecule has 0 saturated heterocycles. The monoisotopic (exact) mass is 212 g/mol. The molecule has 0 fully saturated rings. The van der Waals surface area contributed by atoms with Crippen LogP contribution in [0.15, 0.2) is 12.2 Å². The Bertz CT molecular complexity index is 173. The van der Waals surface area contributed by atoms with Crippen molar-refractivity contribution >= 4 is 5.97 Å². The molecule has 0 bridgehead atoms. The molecule has 0 aromatic rings. The summed E-state index contributed by atoms with van der Waals surface area (Å²) in [7, 11) is 0. The fraction of sp³-hybridized carbons (Fsp3) is 0.769. The summed E-state index contributed by atoms with van der Waals surface area (Å²) >= 11 is 0. The van der Waals surface area contributed by atoms with Crippen molar-refractivity contribution in [2.45, 2.75) is 58.8 Å². The number of carbonyl (C=O) groups is 1. The van der Waals surface area contributed by atoms with Gasteiger partial charge in [-0.25, -0.2) is 4.79 Å². The lowest BCUT2D eigenvalue weighted by Crippen LogP contribution is -2.01. The molecule has 0 unspecified atom stereocenters. The van der Waals surface area contributed by atoms with Crippen LogP contribution in [-0.2, 0) is 9.53 Å². The molecule has 0 aliphatic heterocycles. The van der Waals surface area contributed by atoms with E-state index >= 15 is 0 Å². The van der Waals surface area contributed by atoms with E-state index in [2.05, 4.69) is 6.92 Å². The van der Waals surface area contributed by atoms with Crippen molar-refractivity contribution in [3.05, 3.63) is 12.2 Å². The number of hydrogen-bond acceptors (Lipinski definition) is 2. The highest BCUT2D eigenvalue weighted by Gasteiger charge is 1.95. The third kappa shape index (κ3) is 11.1. The summed E-state index contributed by atoms with van der Waals surface area (Å²) in [6.07, 6.45) is 11.9. The number of carbonyl (C=O) groups excluding carboxylic acids is 1. The molecule has 0 aliphatic rings. The van der Waals surface area contributed by atoms with E-state index in [0.29, 0.717) is 6.61 Å². The predicted octanol–water partition coefficient (Wildman–Crippen LogP) is 3.86. The van der Waals surface area contributed by atoms with Crippen molar-refractivity contribution in [2.75, 3.05) is 6.61 Å². The molecule has 0 rings (SSSR count). The van der Waals surface area contributed by atoms with Crippen LogP contribution in [0, 0.1) is 0 Å². The molecule has 0 atom stereocenters. The highest BCUT2D eigenvalue weighted by Crippen LogP contribution is 2.06. The van der Waals surface area contributed by atoms with Gasteiger partial charge in [0.05, 0.1) is 6.61 Å². The van der Waals surface area contributed by atoms with E-state index in [1.807, 2.05) is 6.92 Å². The van der Waals surface area contributed by atoms with Gasteiger partial charge >= 0.3 is 5.97 Å². The first-order chi connectivity index (χ1) is 7.31. The average molecular weight is 212 g/mol. The van der Waals surface area contributed by atoms with Gasteiger partial charge in [0.25, 0.3) is 0 Å². The molecule has 0 radical (unpaired) electrons. The molecule has 2 heteroatoms. The van der Waals surface area contributed by atoms with Gasteiger partial charge in [-0.1, -0.05) is 51.5 Å². The molecule has 0 heterocycles. The van der Waals surface area contributed by atoms with Crippen molar-refractivity contribution in [2.24, 2.45) is 0 Å². The topological polar surface area (TPSA) is 26.3 Å². The number of rotatable bonds is 9. The summed E-state index contributed by atoms with van der Waals surface area (Å²) in [4.78, 5) is 10.9. The summed E-state index contributed by atoms with van der Waals surface area (Å²) in [6.45, 7) is 4.60. The minimum Gasteiger partial charge on any atom is -0.463 e. The lowest BCUT2D eigenvalue weighted by atomic mass is 10.1. The van der Waals surface area contributed by atoms with Gasteiger partial charge in [0.2, 0.25) is 0 Å². The largest absolute Gasteiger partial charge is 0.463 e. The van der Waals surface area contributed by atoms with Crippen LogP contribution in [0.2, 0.25) is 0 Å². The van der Waals surface area contributed by atoms with Gasteiger partial charge in [-0.3, -0.25) is 0 Å². The lowest BCUT2D eigenvalue weighted by Gasteiger charge is -2.02. The van der Waals surface area contributed by atoms with E-state index in [4.69, 9.17) is 4.74 Å². The fourth-order valence-electron chi connectivity index (χ4n) is 1.42. The molecular formula is C13H24O2. The molecule has 2 nitrogen and oxygen atoms in total. The zero-order valence-electron chi connectivity index (χ0n) is 10.1. The molecule has 0 saturated carbocycles.